The van der Waals surface area contributed by atoms with Gasteiger partial charge in [-0.15, -0.1) is 5.10 Å². The van der Waals surface area contributed by atoms with E-state index in [1.807, 2.05) is 19.9 Å². The second-order valence-corrected chi connectivity index (χ2v) is 11.7. The number of ether oxygens (including phenoxy) is 1. The minimum atomic E-state index is -0.757. The van der Waals surface area contributed by atoms with Crippen molar-refractivity contribution in [2.75, 3.05) is 67.6 Å². The van der Waals surface area contributed by atoms with Crippen molar-refractivity contribution in [2.45, 2.75) is 38.8 Å². The Labute approximate surface area is 229 Å². The van der Waals surface area contributed by atoms with Gasteiger partial charge in [-0.25, -0.2) is 9.07 Å². The summed E-state index contributed by atoms with van der Waals surface area (Å²) in [6.07, 6.45) is 2.47. The fourth-order valence-electron chi connectivity index (χ4n) is 5.82. The van der Waals surface area contributed by atoms with Crippen LogP contribution in [0.25, 0.3) is 5.69 Å². The fourth-order valence-corrected chi connectivity index (χ4v) is 5.82. The first kappa shape index (κ1) is 26.0. The van der Waals surface area contributed by atoms with Crippen LogP contribution < -0.4 is 15.1 Å². The van der Waals surface area contributed by atoms with E-state index in [1.54, 1.807) is 17.1 Å². The standard InChI is InChI=1S/C29H38FN7O2/c1-20-10-23(14-24(11-20)34-6-8-35(9-7-34)27-17-39-18-27)32-28-31-19-37(33-28)26-13-22(30)12-25(15-26)36-5-4-21(16-36)29(2,3)38/h10-15,19,21,27,38H,4-9,16-18H2,1-3H3,(H,32,33)/t21-/m1/s1. The van der Waals surface area contributed by atoms with Gasteiger partial charge in [-0.1, -0.05) is 0 Å². The maximum absolute atomic E-state index is 14.6. The number of nitrogens with one attached hydrogen (secondary N) is 1. The average Bonchev–Trinajstić information content (AvgIpc) is 3.53. The highest BCUT2D eigenvalue weighted by Gasteiger charge is 2.34. The van der Waals surface area contributed by atoms with Crippen molar-refractivity contribution in [3.05, 3.63) is 54.1 Å². The van der Waals surface area contributed by atoms with Crippen LogP contribution in [0.3, 0.4) is 0 Å². The summed E-state index contributed by atoms with van der Waals surface area (Å²) in [7, 11) is 0. The molecule has 1 aromatic heterocycles. The Morgan fingerprint density at radius 2 is 1.69 bits per heavy atom. The van der Waals surface area contributed by atoms with Gasteiger partial charge in [0.25, 0.3) is 0 Å². The van der Waals surface area contributed by atoms with Crippen molar-refractivity contribution in [3.63, 3.8) is 0 Å². The van der Waals surface area contributed by atoms with E-state index >= 15 is 0 Å². The first-order valence-corrected chi connectivity index (χ1v) is 13.9. The molecule has 3 fully saturated rings. The van der Waals surface area contributed by atoms with Gasteiger partial charge in [0.1, 0.15) is 12.1 Å². The molecule has 0 radical (unpaired) electrons. The lowest BCUT2D eigenvalue weighted by molar-refractivity contribution is -0.0660. The van der Waals surface area contributed by atoms with Crippen LogP contribution in [0.5, 0.6) is 0 Å². The number of nitrogens with zero attached hydrogens (tertiary/aromatic N) is 6. The maximum Gasteiger partial charge on any atom is 0.246 e. The van der Waals surface area contributed by atoms with Gasteiger partial charge in [-0.05, 0) is 69.2 Å². The van der Waals surface area contributed by atoms with Crippen LogP contribution in [-0.2, 0) is 4.74 Å². The summed E-state index contributed by atoms with van der Waals surface area (Å²) in [5.74, 6) is 0.273. The molecule has 3 aliphatic heterocycles. The molecule has 0 unspecified atom stereocenters. The molecule has 6 rings (SSSR count). The van der Waals surface area contributed by atoms with Crippen LogP contribution in [0, 0.1) is 18.7 Å². The minimum Gasteiger partial charge on any atom is -0.390 e. The molecule has 0 spiro atoms. The average molecular weight is 536 g/mol. The Kier molecular flexibility index (Phi) is 6.95. The van der Waals surface area contributed by atoms with Gasteiger partial charge in [-0.2, -0.15) is 4.98 Å². The summed E-state index contributed by atoms with van der Waals surface area (Å²) >= 11 is 0. The van der Waals surface area contributed by atoms with E-state index in [-0.39, 0.29) is 11.7 Å². The molecule has 10 heteroatoms. The third-order valence-corrected chi connectivity index (χ3v) is 8.31. The lowest BCUT2D eigenvalue weighted by Crippen LogP contribution is -2.56. The molecule has 2 aromatic carbocycles. The molecule has 4 heterocycles. The summed E-state index contributed by atoms with van der Waals surface area (Å²) in [6.45, 7) is 13.0. The summed E-state index contributed by atoms with van der Waals surface area (Å²) in [4.78, 5) is 11.5. The molecule has 0 amide bonds. The van der Waals surface area contributed by atoms with E-state index in [0.717, 1.165) is 69.3 Å². The summed E-state index contributed by atoms with van der Waals surface area (Å²) in [5, 5.41) is 18.3. The molecule has 9 nitrogen and oxygen atoms in total. The van der Waals surface area contributed by atoms with Gasteiger partial charge in [0, 0.05) is 62.2 Å². The quantitative estimate of drug-likeness (QED) is 0.475. The smallest absolute Gasteiger partial charge is 0.246 e. The Morgan fingerprint density at radius 3 is 2.38 bits per heavy atom. The molecule has 0 saturated carbocycles. The van der Waals surface area contributed by atoms with Crippen LogP contribution >= 0.6 is 0 Å². The highest BCUT2D eigenvalue weighted by atomic mass is 19.1. The highest BCUT2D eigenvalue weighted by molar-refractivity contribution is 5.64. The molecule has 39 heavy (non-hydrogen) atoms. The number of aryl methyl sites for hydroxylation is 1. The molecule has 3 aromatic rings. The van der Waals surface area contributed by atoms with E-state index < -0.39 is 5.60 Å². The minimum absolute atomic E-state index is 0.145. The van der Waals surface area contributed by atoms with Crippen molar-refractivity contribution in [2.24, 2.45) is 5.92 Å². The summed E-state index contributed by atoms with van der Waals surface area (Å²) in [6, 6.07) is 12.0. The Hall–Kier alpha value is -3.21. The summed E-state index contributed by atoms with van der Waals surface area (Å²) in [5.41, 5.74) is 3.91. The van der Waals surface area contributed by atoms with E-state index in [9.17, 15) is 9.50 Å². The number of benzene rings is 2. The number of aliphatic hydroxyl groups is 1. The largest absolute Gasteiger partial charge is 0.390 e. The maximum atomic E-state index is 14.6. The number of hydrogen-bond acceptors (Lipinski definition) is 8. The monoisotopic (exact) mass is 535 g/mol. The van der Waals surface area contributed by atoms with Gasteiger partial charge in [0.05, 0.1) is 30.5 Å². The number of hydrogen-bond donors (Lipinski definition) is 2. The summed E-state index contributed by atoms with van der Waals surface area (Å²) < 4.78 is 21.6. The van der Waals surface area contributed by atoms with Gasteiger partial charge < -0.3 is 25.0 Å². The molecule has 0 aliphatic carbocycles. The fraction of sp³-hybridized carbons (Fsp3) is 0.517. The van der Waals surface area contributed by atoms with E-state index in [4.69, 9.17) is 4.74 Å². The zero-order valence-electron chi connectivity index (χ0n) is 23.0. The van der Waals surface area contributed by atoms with Crippen molar-refractivity contribution in [3.8, 4) is 5.69 Å². The zero-order valence-corrected chi connectivity index (χ0v) is 23.0. The third kappa shape index (κ3) is 5.73. The van der Waals surface area contributed by atoms with Gasteiger partial charge in [-0.3, -0.25) is 4.90 Å². The predicted molar refractivity (Wildman–Crippen MR) is 151 cm³/mol. The zero-order chi connectivity index (χ0) is 27.1. The SMILES string of the molecule is Cc1cc(Nc2ncn(-c3cc(F)cc(N4CC[C@@H](C(C)(C)O)C4)c3)n2)cc(N2CCN(C3COC3)CC2)c1. The second-order valence-electron chi connectivity index (χ2n) is 11.7. The van der Waals surface area contributed by atoms with Crippen LogP contribution in [0.4, 0.5) is 27.4 Å². The highest BCUT2D eigenvalue weighted by Crippen LogP contribution is 2.32. The molecular weight excluding hydrogens is 497 g/mol. The van der Waals surface area contributed by atoms with E-state index in [1.165, 1.54) is 11.8 Å². The third-order valence-electron chi connectivity index (χ3n) is 8.31. The van der Waals surface area contributed by atoms with Gasteiger partial charge >= 0.3 is 0 Å². The van der Waals surface area contributed by atoms with Crippen molar-refractivity contribution in [1.82, 2.24) is 19.7 Å². The number of halogens is 1. The molecular formula is C29H38FN7O2. The molecule has 3 aliphatic rings. The van der Waals surface area contributed by atoms with Gasteiger partial charge in [0.15, 0.2) is 0 Å². The van der Waals surface area contributed by atoms with E-state index in [0.29, 0.717) is 24.2 Å². The topological polar surface area (TPSA) is 81.9 Å². The normalized spacial score (nSPS) is 20.9. The van der Waals surface area contributed by atoms with Gasteiger partial charge in [0.2, 0.25) is 5.95 Å². The molecule has 208 valence electrons. The van der Waals surface area contributed by atoms with Crippen LogP contribution in [0.1, 0.15) is 25.8 Å². The second kappa shape index (κ2) is 10.4. The molecule has 1 atom stereocenters. The molecule has 0 bridgehead atoms. The molecule has 3 saturated heterocycles. The van der Waals surface area contributed by atoms with Crippen molar-refractivity contribution >= 4 is 23.0 Å². The van der Waals surface area contributed by atoms with Crippen LogP contribution in [0.2, 0.25) is 0 Å². The van der Waals surface area contributed by atoms with Crippen LogP contribution in [-0.4, -0.2) is 88.9 Å². The van der Waals surface area contributed by atoms with Crippen molar-refractivity contribution in [1.29, 1.82) is 0 Å². The lowest BCUT2D eigenvalue weighted by Gasteiger charge is -2.43. The Morgan fingerprint density at radius 1 is 0.949 bits per heavy atom. The molecule has 2 N–H and O–H groups in total. The first-order chi connectivity index (χ1) is 18.7. The first-order valence-electron chi connectivity index (χ1n) is 13.9. The Balaban J connectivity index is 1.14. The van der Waals surface area contributed by atoms with Crippen LogP contribution in [0.15, 0.2) is 42.7 Å². The number of rotatable bonds is 7. The number of aromatic nitrogens is 3. The van der Waals surface area contributed by atoms with Crippen molar-refractivity contribution < 1.29 is 14.2 Å². The number of anilines is 4. The number of piperazine rings is 1. The lowest BCUT2D eigenvalue weighted by atomic mass is 9.90. The Bertz CT molecular complexity index is 1310. The van der Waals surface area contributed by atoms with E-state index in [2.05, 4.69) is 55.2 Å². The predicted octanol–water partition coefficient (Wildman–Crippen LogP) is 3.58.